The van der Waals surface area contributed by atoms with Gasteiger partial charge in [-0.15, -0.1) is 0 Å². The summed E-state index contributed by atoms with van der Waals surface area (Å²) in [6, 6.07) is 16.9. The summed E-state index contributed by atoms with van der Waals surface area (Å²) in [6.45, 7) is 3.63. The monoisotopic (exact) mass is 410 g/mol. The first-order chi connectivity index (χ1) is 14.1. The van der Waals surface area contributed by atoms with Gasteiger partial charge in [0.2, 0.25) is 10.0 Å². The molecule has 0 spiro atoms. The lowest BCUT2D eigenvalue weighted by atomic mass is 10.1. The number of aromatic amines is 1. The molecular weight excluding hydrogens is 384 g/mol. The average Bonchev–Trinajstić information content (AvgIpc) is 3.20. The van der Waals surface area contributed by atoms with Crippen LogP contribution in [0.3, 0.4) is 0 Å². The molecule has 29 heavy (non-hydrogen) atoms. The number of aromatic nitrogens is 2. The molecule has 152 valence electrons. The van der Waals surface area contributed by atoms with E-state index in [0.717, 1.165) is 29.8 Å². The predicted octanol–water partition coefficient (Wildman–Crippen LogP) is 3.79. The third-order valence-corrected chi connectivity index (χ3v) is 7.23. The molecule has 0 aliphatic carbocycles. The maximum absolute atomic E-state index is 13.4. The fourth-order valence-electron chi connectivity index (χ4n) is 3.98. The molecule has 0 saturated carbocycles. The second kappa shape index (κ2) is 8.39. The minimum atomic E-state index is -3.58. The number of fused-ring (bicyclic) bond motifs is 1. The van der Waals surface area contributed by atoms with E-state index in [2.05, 4.69) is 27.9 Å². The summed E-state index contributed by atoms with van der Waals surface area (Å²) >= 11 is 0. The van der Waals surface area contributed by atoms with Crippen molar-refractivity contribution in [2.45, 2.75) is 43.8 Å². The summed E-state index contributed by atoms with van der Waals surface area (Å²) in [7, 11) is -3.58. The topological polar surface area (TPSA) is 69.3 Å². The number of anilines is 1. The maximum Gasteiger partial charge on any atom is 0.243 e. The largest absolute Gasteiger partial charge is 0.361 e. The molecule has 0 fully saturated rings. The SMILES string of the molecule is CCCC1CN(S(=O)(=O)c2ccccc2)Cc2ccccc2N1Cc1cnc[nH]1. The molecule has 0 bridgehead atoms. The Morgan fingerprint density at radius 3 is 2.59 bits per heavy atom. The normalized spacial score (nSPS) is 17.7. The zero-order chi connectivity index (χ0) is 20.3. The minimum absolute atomic E-state index is 0.0745. The number of sulfonamides is 1. The summed E-state index contributed by atoms with van der Waals surface area (Å²) in [5, 5.41) is 0. The van der Waals surface area contributed by atoms with Crippen LogP contribution in [0, 0.1) is 0 Å². The highest BCUT2D eigenvalue weighted by Crippen LogP contribution is 2.33. The first-order valence-electron chi connectivity index (χ1n) is 9.96. The highest BCUT2D eigenvalue weighted by molar-refractivity contribution is 7.89. The first-order valence-corrected chi connectivity index (χ1v) is 11.4. The number of para-hydroxylation sites is 1. The third-order valence-electron chi connectivity index (χ3n) is 5.40. The molecule has 0 radical (unpaired) electrons. The van der Waals surface area contributed by atoms with Crippen molar-refractivity contribution in [3.8, 4) is 0 Å². The summed E-state index contributed by atoms with van der Waals surface area (Å²) < 4.78 is 28.5. The molecule has 4 rings (SSSR count). The van der Waals surface area contributed by atoms with Crippen molar-refractivity contribution in [3.63, 3.8) is 0 Å². The molecule has 1 aliphatic rings. The van der Waals surface area contributed by atoms with Gasteiger partial charge < -0.3 is 9.88 Å². The van der Waals surface area contributed by atoms with Crippen LogP contribution >= 0.6 is 0 Å². The minimum Gasteiger partial charge on any atom is -0.361 e. The van der Waals surface area contributed by atoms with Crippen molar-refractivity contribution in [2.24, 2.45) is 0 Å². The molecule has 1 aromatic heterocycles. The van der Waals surface area contributed by atoms with Crippen LogP contribution in [0.25, 0.3) is 0 Å². The zero-order valence-electron chi connectivity index (χ0n) is 16.5. The van der Waals surface area contributed by atoms with Gasteiger partial charge >= 0.3 is 0 Å². The number of imidazole rings is 1. The Balaban J connectivity index is 1.76. The number of rotatable bonds is 6. The van der Waals surface area contributed by atoms with Gasteiger partial charge in [0.15, 0.2) is 0 Å². The van der Waals surface area contributed by atoms with Gasteiger partial charge in [-0.25, -0.2) is 13.4 Å². The lowest BCUT2D eigenvalue weighted by Crippen LogP contribution is -2.43. The van der Waals surface area contributed by atoms with Gasteiger partial charge in [-0.1, -0.05) is 49.7 Å². The van der Waals surface area contributed by atoms with Crippen molar-refractivity contribution in [1.82, 2.24) is 14.3 Å². The summed E-state index contributed by atoms with van der Waals surface area (Å²) in [6.07, 6.45) is 5.39. The van der Waals surface area contributed by atoms with Gasteiger partial charge in [0.25, 0.3) is 0 Å². The van der Waals surface area contributed by atoms with Crippen LogP contribution < -0.4 is 4.90 Å². The quantitative estimate of drug-likeness (QED) is 0.671. The Bertz CT molecular complexity index is 1040. The molecule has 3 aromatic rings. The zero-order valence-corrected chi connectivity index (χ0v) is 17.3. The van der Waals surface area contributed by atoms with Gasteiger partial charge in [0.05, 0.1) is 23.5 Å². The second-order valence-electron chi connectivity index (χ2n) is 7.39. The highest BCUT2D eigenvalue weighted by atomic mass is 32.2. The standard InChI is InChI=1S/C22H26N4O2S/c1-2-8-20-16-25(29(27,28)21-10-4-3-5-11-21)14-18-9-6-7-12-22(18)26(20)15-19-13-23-17-24-19/h3-7,9-13,17,20H,2,8,14-16H2,1H3,(H,23,24). The van der Waals surface area contributed by atoms with Gasteiger partial charge in [-0.2, -0.15) is 4.31 Å². The second-order valence-corrected chi connectivity index (χ2v) is 9.32. The summed E-state index contributed by atoms with van der Waals surface area (Å²) in [5.74, 6) is 0. The van der Waals surface area contributed by atoms with E-state index < -0.39 is 10.0 Å². The Hall–Kier alpha value is -2.64. The number of nitrogens with zero attached hydrogens (tertiary/aromatic N) is 3. The molecule has 7 heteroatoms. The van der Waals surface area contributed by atoms with Crippen LogP contribution in [-0.2, 0) is 23.1 Å². The molecule has 0 amide bonds. The molecule has 1 aliphatic heterocycles. The number of hydrogen-bond donors (Lipinski definition) is 1. The predicted molar refractivity (Wildman–Crippen MR) is 114 cm³/mol. The first kappa shape index (κ1) is 19.7. The number of hydrogen-bond acceptors (Lipinski definition) is 4. The van der Waals surface area contributed by atoms with Gasteiger partial charge in [-0.05, 0) is 30.2 Å². The van der Waals surface area contributed by atoms with Crippen molar-refractivity contribution >= 4 is 15.7 Å². The van der Waals surface area contributed by atoms with E-state index in [1.807, 2.05) is 30.5 Å². The van der Waals surface area contributed by atoms with Crippen molar-refractivity contribution < 1.29 is 8.42 Å². The van der Waals surface area contributed by atoms with Crippen LogP contribution in [0.15, 0.2) is 72.0 Å². The number of nitrogens with one attached hydrogen (secondary N) is 1. The van der Waals surface area contributed by atoms with Gasteiger partial charge in [0.1, 0.15) is 0 Å². The molecule has 2 heterocycles. The molecule has 1 atom stereocenters. The summed E-state index contributed by atoms with van der Waals surface area (Å²) in [4.78, 5) is 9.99. The molecule has 1 unspecified atom stereocenters. The molecule has 2 aromatic carbocycles. The van der Waals surface area contributed by atoms with Gasteiger partial charge in [-0.3, -0.25) is 0 Å². The van der Waals surface area contributed by atoms with E-state index in [1.54, 1.807) is 34.9 Å². The Labute approximate surface area is 172 Å². The van der Waals surface area contributed by atoms with Crippen LogP contribution in [-0.4, -0.2) is 35.3 Å². The van der Waals surface area contributed by atoms with Crippen LogP contribution in [0.5, 0.6) is 0 Å². The summed E-state index contributed by atoms with van der Waals surface area (Å²) in [5.41, 5.74) is 3.12. The van der Waals surface area contributed by atoms with Gasteiger partial charge in [0, 0.05) is 31.0 Å². The fraction of sp³-hybridized carbons (Fsp3) is 0.318. The lowest BCUT2D eigenvalue weighted by Gasteiger charge is -2.33. The van der Waals surface area contributed by atoms with E-state index in [0.29, 0.717) is 24.5 Å². The van der Waals surface area contributed by atoms with Crippen LogP contribution in [0.2, 0.25) is 0 Å². The van der Waals surface area contributed by atoms with Crippen molar-refractivity contribution in [2.75, 3.05) is 11.4 Å². The lowest BCUT2D eigenvalue weighted by molar-refractivity contribution is 0.369. The van der Waals surface area contributed by atoms with E-state index in [-0.39, 0.29) is 6.04 Å². The highest BCUT2D eigenvalue weighted by Gasteiger charge is 2.34. The van der Waals surface area contributed by atoms with Crippen LogP contribution in [0.1, 0.15) is 31.0 Å². The molecule has 1 N–H and O–H groups in total. The maximum atomic E-state index is 13.4. The Morgan fingerprint density at radius 1 is 1.10 bits per heavy atom. The van der Waals surface area contributed by atoms with E-state index in [9.17, 15) is 8.42 Å². The number of H-pyrrole nitrogens is 1. The molecule has 0 saturated heterocycles. The third kappa shape index (κ3) is 4.06. The van der Waals surface area contributed by atoms with Crippen molar-refractivity contribution in [1.29, 1.82) is 0 Å². The fourth-order valence-corrected chi connectivity index (χ4v) is 5.46. The van der Waals surface area contributed by atoms with Crippen LogP contribution in [0.4, 0.5) is 5.69 Å². The Morgan fingerprint density at radius 2 is 1.86 bits per heavy atom. The van der Waals surface area contributed by atoms with E-state index in [1.165, 1.54) is 0 Å². The molecular formula is C22H26N4O2S. The number of benzene rings is 2. The Kier molecular flexibility index (Phi) is 5.69. The average molecular weight is 411 g/mol. The smallest absolute Gasteiger partial charge is 0.243 e. The molecule has 6 nitrogen and oxygen atoms in total. The van der Waals surface area contributed by atoms with Crippen molar-refractivity contribution in [3.05, 3.63) is 78.4 Å². The van der Waals surface area contributed by atoms with E-state index >= 15 is 0 Å². The van der Waals surface area contributed by atoms with E-state index in [4.69, 9.17) is 0 Å².